The van der Waals surface area contributed by atoms with E-state index in [2.05, 4.69) is 13.2 Å². The number of hydrogen-bond donors (Lipinski definition) is 0. The van der Waals surface area contributed by atoms with Gasteiger partial charge < -0.3 is 9.47 Å². The molecule has 2 nitrogen and oxygen atoms in total. The normalized spacial score (nSPS) is 15.9. The molecule has 1 aliphatic carbocycles. The van der Waals surface area contributed by atoms with Gasteiger partial charge in [-0.3, -0.25) is 0 Å². The fourth-order valence-corrected chi connectivity index (χ4v) is 3.28. The molecule has 0 spiro atoms. The number of ether oxygens (including phenoxy) is 2. The summed E-state index contributed by atoms with van der Waals surface area (Å²) >= 11 is 0. The number of benzene rings is 2. The molecule has 3 rings (SSSR count). The molecule has 0 aliphatic heterocycles. The number of alkyl halides is 4. The molecule has 0 saturated heterocycles. The maximum atomic E-state index is 14.9. The van der Waals surface area contributed by atoms with Crippen molar-refractivity contribution in [3.05, 3.63) is 71.8 Å². The summed E-state index contributed by atoms with van der Waals surface area (Å²) in [7, 11) is 0. The quantitative estimate of drug-likeness (QED) is 0.409. The maximum Gasteiger partial charge on any atom is 0.340 e. The first-order chi connectivity index (χ1) is 13.1. The topological polar surface area (TPSA) is 18.5 Å². The summed E-state index contributed by atoms with van der Waals surface area (Å²) in [5, 5.41) is 0. The van der Waals surface area contributed by atoms with Gasteiger partial charge in [-0.1, -0.05) is 37.4 Å². The zero-order valence-electron chi connectivity index (χ0n) is 15.6. The summed E-state index contributed by atoms with van der Waals surface area (Å²) in [6.45, 7) is 11.3. The molecule has 0 amide bonds. The van der Waals surface area contributed by atoms with Crippen LogP contribution in [0.1, 0.15) is 36.1 Å². The van der Waals surface area contributed by atoms with Crippen LogP contribution in [0.2, 0.25) is 0 Å². The molecule has 28 heavy (non-hydrogen) atoms. The molecule has 0 heterocycles. The van der Waals surface area contributed by atoms with Crippen molar-refractivity contribution in [3.8, 4) is 11.1 Å². The van der Waals surface area contributed by atoms with Crippen LogP contribution in [0.4, 0.5) is 17.6 Å². The molecule has 0 atom stereocenters. The molecule has 0 unspecified atom stereocenters. The minimum Gasteiger partial charge on any atom is -0.494 e. The molecule has 0 N–H and O–H groups in total. The molecule has 148 valence electrons. The van der Waals surface area contributed by atoms with Gasteiger partial charge in [-0.15, -0.1) is 0 Å². The fourth-order valence-electron chi connectivity index (χ4n) is 3.28. The third-order valence-electron chi connectivity index (χ3n) is 4.68. The van der Waals surface area contributed by atoms with Gasteiger partial charge in [-0.2, -0.15) is 17.6 Å². The zero-order chi connectivity index (χ0) is 20.7. The van der Waals surface area contributed by atoms with Gasteiger partial charge >= 0.3 is 11.8 Å². The van der Waals surface area contributed by atoms with E-state index in [4.69, 9.17) is 9.47 Å². The van der Waals surface area contributed by atoms with Crippen LogP contribution < -0.4 is 0 Å². The van der Waals surface area contributed by atoms with E-state index < -0.39 is 23.0 Å². The number of halogens is 4. The standard InChI is InChI=1S/C22H20F4O2/c1-5-27-13(3)15-7-9-17-18-10-8-16(14(4)28-6-2)12-20(18)22(25,26)21(23,24)19(17)11-15/h7-12H,3-6H2,1-2H3. The van der Waals surface area contributed by atoms with Crippen molar-refractivity contribution < 1.29 is 27.0 Å². The van der Waals surface area contributed by atoms with Crippen LogP contribution in [0.15, 0.2) is 49.6 Å². The Morgan fingerprint density at radius 1 is 0.750 bits per heavy atom. The van der Waals surface area contributed by atoms with E-state index in [1.807, 2.05) is 0 Å². The highest BCUT2D eigenvalue weighted by Crippen LogP contribution is 2.58. The molecular weight excluding hydrogens is 372 g/mol. The summed E-state index contributed by atoms with van der Waals surface area (Å²) in [5.74, 6) is -8.50. The Morgan fingerprint density at radius 2 is 1.11 bits per heavy atom. The van der Waals surface area contributed by atoms with Crippen molar-refractivity contribution in [2.75, 3.05) is 13.2 Å². The molecule has 2 aromatic carbocycles. The van der Waals surface area contributed by atoms with Gasteiger partial charge in [0.05, 0.1) is 13.2 Å². The van der Waals surface area contributed by atoms with E-state index in [-0.39, 0.29) is 47.0 Å². The fraction of sp³-hybridized carbons (Fsp3) is 0.273. The Kier molecular flexibility index (Phi) is 5.00. The molecule has 0 saturated carbocycles. The zero-order valence-corrected chi connectivity index (χ0v) is 15.6. The predicted octanol–water partition coefficient (Wildman–Crippen LogP) is 6.57. The third kappa shape index (κ3) is 2.97. The van der Waals surface area contributed by atoms with E-state index in [9.17, 15) is 17.6 Å². The average molecular weight is 392 g/mol. The summed E-state index contributed by atoms with van der Waals surface area (Å²) in [5.41, 5.74) is -0.929. The minimum absolute atomic E-state index is 0.0487. The lowest BCUT2D eigenvalue weighted by atomic mass is 9.79. The largest absolute Gasteiger partial charge is 0.494 e. The number of hydrogen-bond acceptors (Lipinski definition) is 2. The van der Waals surface area contributed by atoms with Crippen LogP contribution in [0.25, 0.3) is 22.6 Å². The van der Waals surface area contributed by atoms with Gasteiger partial charge in [-0.05, 0) is 37.1 Å². The molecular formula is C22H20F4O2. The molecule has 2 aromatic rings. The van der Waals surface area contributed by atoms with E-state index in [1.54, 1.807) is 13.8 Å². The van der Waals surface area contributed by atoms with Gasteiger partial charge in [0, 0.05) is 22.3 Å². The average Bonchev–Trinajstić information content (AvgIpc) is 2.66. The van der Waals surface area contributed by atoms with Gasteiger partial charge in [0.25, 0.3) is 0 Å². The highest BCUT2D eigenvalue weighted by Gasteiger charge is 2.62. The third-order valence-corrected chi connectivity index (χ3v) is 4.68. The lowest BCUT2D eigenvalue weighted by Crippen LogP contribution is -2.39. The summed E-state index contributed by atoms with van der Waals surface area (Å²) in [4.78, 5) is 0. The van der Waals surface area contributed by atoms with Crippen molar-refractivity contribution in [1.82, 2.24) is 0 Å². The van der Waals surface area contributed by atoms with Gasteiger partial charge in [0.15, 0.2) is 0 Å². The minimum atomic E-state index is -4.40. The smallest absolute Gasteiger partial charge is 0.340 e. The molecule has 0 radical (unpaired) electrons. The van der Waals surface area contributed by atoms with Crippen LogP contribution >= 0.6 is 0 Å². The van der Waals surface area contributed by atoms with Crippen LogP contribution in [0.5, 0.6) is 0 Å². The van der Waals surface area contributed by atoms with Crippen LogP contribution in [0.3, 0.4) is 0 Å². The first-order valence-corrected chi connectivity index (χ1v) is 8.84. The maximum absolute atomic E-state index is 14.9. The predicted molar refractivity (Wildman–Crippen MR) is 101 cm³/mol. The van der Waals surface area contributed by atoms with Gasteiger partial charge in [-0.25, -0.2) is 0 Å². The highest BCUT2D eigenvalue weighted by atomic mass is 19.3. The van der Waals surface area contributed by atoms with Crippen molar-refractivity contribution in [2.45, 2.75) is 25.7 Å². The molecule has 1 aliphatic rings. The first kappa shape index (κ1) is 20.0. The van der Waals surface area contributed by atoms with Crippen molar-refractivity contribution >= 4 is 11.5 Å². The van der Waals surface area contributed by atoms with Crippen molar-refractivity contribution in [2.24, 2.45) is 0 Å². The molecule has 0 fully saturated rings. The van der Waals surface area contributed by atoms with E-state index in [0.717, 1.165) is 12.1 Å². The van der Waals surface area contributed by atoms with Gasteiger partial charge in [0.2, 0.25) is 0 Å². The van der Waals surface area contributed by atoms with Crippen LogP contribution in [-0.2, 0) is 21.3 Å². The number of rotatable bonds is 6. The summed E-state index contributed by atoms with van der Waals surface area (Å²) in [6, 6.07) is 7.91. The second kappa shape index (κ2) is 7.00. The highest BCUT2D eigenvalue weighted by molar-refractivity contribution is 5.79. The second-order valence-electron chi connectivity index (χ2n) is 6.38. The molecule has 6 heteroatoms. The summed E-state index contributed by atoms with van der Waals surface area (Å²) in [6.07, 6.45) is 0. The Morgan fingerprint density at radius 3 is 1.43 bits per heavy atom. The summed E-state index contributed by atoms with van der Waals surface area (Å²) < 4.78 is 70.0. The first-order valence-electron chi connectivity index (χ1n) is 8.84. The van der Waals surface area contributed by atoms with Crippen molar-refractivity contribution in [3.63, 3.8) is 0 Å². The SMILES string of the molecule is C=C(OCC)c1ccc2c(c1)C(F)(F)C(F)(F)c1cc(C(=C)OCC)ccc1-2. The van der Waals surface area contributed by atoms with Crippen molar-refractivity contribution in [1.29, 1.82) is 0 Å². The Hall–Kier alpha value is -2.76. The van der Waals surface area contributed by atoms with Crippen LogP contribution in [0, 0.1) is 0 Å². The monoisotopic (exact) mass is 392 g/mol. The van der Waals surface area contributed by atoms with E-state index in [1.165, 1.54) is 24.3 Å². The second-order valence-corrected chi connectivity index (χ2v) is 6.38. The Labute approximate surface area is 161 Å². The van der Waals surface area contributed by atoms with E-state index >= 15 is 0 Å². The number of fused-ring (bicyclic) bond motifs is 3. The Balaban J connectivity index is 2.21. The molecule has 0 aromatic heterocycles. The van der Waals surface area contributed by atoms with Crippen LogP contribution in [-0.4, -0.2) is 13.2 Å². The van der Waals surface area contributed by atoms with Gasteiger partial charge in [0.1, 0.15) is 11.5 Å². The lowest BCUT2D eigenvalue weighted by Gasteiger charge is -2.35. The Bertz CT molecular complexity index is 870. The van der Waals surface area contributed by atoms with E-state index in [0.29, 0.717) is 0 Å². The molecule has 0 bridgehead atoms. The lowest BCUT2D eigenvalue weighted by molar-refractivity contribution is -0.225.